The van der Waals surface area contributed by atoms with Gasteiger partial charge >= 0.3 is 6.18 Å². The van der Waals surface area contributed by atoms with Crippen LogP contribution in [0.25, 0.3) is 0 Å². The first-order valence-electron chi connectivity index (χ1n) is 7.86. The van der Waals surface area contributed by atoms with Crippen molar-refractivity contribution in [3.63, 3.8) is 0 Å². The highest BCUT2D eigenvalue weighted by molar-refractivity contribution is 7.93. The molecule has 0 saturated carbocycles. The molecule has 0 radical (unpaired) electrons. The highest BCUT2D eigenvalue weighted by atomic mass is 35.5. The lowest BCUT2D eigenvalue weighted by Gasteiger charge is -2.18. The van der Waals surface area contributed by atoms with E-state index in [2.05, 4.69) is 5.32 Å². The molecule has 0 atom stereocenters. The number of sulfonamides is 1. The zero-order valence-corrected chi connectivity index (χ0v) is 15.3. The van der Waals surface area contributed by atoms with Crippen LogP contribution in [0.15, 0.2) is 42.5 Å². The minimum atomic E-state index is -4.48. The number of nitrogens with zero attached hydrogens (tertiary/aromatic N) is 1. The van der Waals surface area contributed by atoms with Gasteiger partial charge in [0.1, 0.15) is 0 Å². The summed E-state index contributed by atoms with van der Waals surface area (Å²) < 4.78 is 62.9. The van der Waals surface area contributed by atoms with Gasteiger partial charge < -0.3 is 5.32 Å². The third kappa shape index (κ3) is 4.19. The second-order valence-corrected chi connectivity index (χ2v) is 8.36. The fourth-order valence-corrected chi connectivity index (χ4v) is 4.47. The molecule has 2 aromatic carbocycles. The van der Waals surface area contributed by atoms with Crippen LogP contribution in [0.1, 0.15) is 22.3 Å². The van der Waals surface area contributed by atoms with Crippen LogP contribution < -0.4 is 9.62 Å². The monoisotopic (exact) mass is 418 g/mol. The average molecular weight is 419 g/mol. The Morgan fingerprint density at radius 3 is 2.30 bits per heavy atom. The van der Waals surface area contributed by atoms with E-state index in [1.807, 2.05) is 0 Å². The van der Waals surface area contributed by atoms with E-state index in [-0.39, 0.29) is 22.0 Å². The van der Waals surface area contributed by atoms with Crippen LogP contribution in [0.2, 0.25) is 5.02 Å². The van der Waals surface area contributed by atoms with Crippen molar-refractivity contribution in [2.75, 3.05) is 21.9 Å². The molecule has 0 unspecified atom stereocenters. The van der Waals surface area contributed by atoms with Crippen LogP contribution in [0.4, 0.5) is 24.5 Å². The van der Waals surface area contributed by atoms with E-state index < -0.39 is 27.7 Å². The Labute approximate surface area is 158 Å². The van der Waals surface area contributed by atoms with E-state index in [9.17, 15) is 26.4 Å². The van der Waals surface area contributed by atoms with E-state index in [4.69, 9.17) is 11.6 Å². The molecule has 3 rings (SSSR count). The van der Waals surface area contributed by atoms with E-state index >= 15 is 0 Å². The molecule has 1 aliphatic heterocycles. The molecule has 0 bridgehead atoms. The Morgan fingerprint density at radius 2 is 1.78 bits per heavy atom. The van der Waals surface area contributed by atoms with Crippen LogP contribution in [-0.2, 0) is 16.2 Å². The number of rotatable bonds is 3. The molecule has 0 aromatic heterocycles. The fourth-order valence-electron chi connectivity index (χ4n) is 2.70. The highest BCUT2D eigenvalue weighted by Crippen LogP contribution is 2.32. The average Bonchev–Trinajstić information content (AvgIpc) is 2.95. The number of carbonyl (C=O) groups excluding carboxylic acids is 1. The van der Waals surface area contributed by atoms with Crippen molar-refractivity contribution in [1.82, 2.24) is 0 Å². The molecular formula is C17H14ClF3N2O3S. The lowest BCUT2D eigenvalue weighted by molar-refractivity contribution is -0.137. The van der Waals surface area contributed by atoms with Crippen molar-refractivity contribution in [3.8, 4) is 0 Å². The molecule has 1 N–H and O–H groups in total. The lowest BCUT2D eigenvalue weighted by Crippen LogP contribution is -2.25. The summed E-state index contributed by atoms with van der Waals surface area (Å²) in [5.74, 6) is -0.566. The number of hydrogen-bond acceptors (Lipinski definition) is 3. The van der Waals surface area contributed by atoms with Crippen molar-refractivity contribution in [1.29, 1.82) is 0 Å². The molecular weight excluding hydrogens is 405 g/mol. The van der Waals surface area contributed by atoms with Crippen molar-refractivity contribution >= 4 is 38.9 Å². The predicted octanol–water partition coefficient (Wildman–Crippen LogP) is 4.15. The zero-order chi connectivity index (χ0) is 19.8. The van der Waals surface area contributed by atoms with Gasteiger partial charge in [-0.2, -0.15) is 13.2 Å². The van der Waals surface area contributed by atoms with Gasteiger partial charge in [-0.1, -0.05) is 11.6 Å². The molecule has 10 heteroatoms. The van der Waals surface area contributed by atoms with E-state index in [0.717, 1.165) is 24.3 Å². The number of carbonyl (C=O) groups is 1. The first-order chi connectivity index (χ1) is 12.6. The summed E-state index contributed by atoms with van der Waals surface area (Å²) in [6, 6.07) is 8.15. The van der Waals surface area contributed by atoms with Gasteiger partial charge in [0.15, 0.2) is 0 Å². The van der Waals surface area contributed by atoms with Crippen LogP contribution in [-0.4, -0.2) is 26.6 Å². The second-order valence-electron chi connectivity index (χ2n) is 5.94. The molecule has 2 aromatic rings. The number of halogens is 4. The number of nitrogens with one attached hydrogen (secondary N) is 1. The van der Waals surface area contributed by atoms with Gasteiger partial charge in [0.05, 0.1) is 27.7 Å². The standard InChI is InChI=1S/C17H14ClF3N2O3S/c18-14-10-13(23-8-1-9-27(23,25)26)6-7-15(14)22-16(24)11-2-4-12(5-3-11)17(19,20)21/h2-7,10H,1,8-9H2,(H,22,24). The number of anilines is 2. The first kappa shape index (κ1) is 19.5. The van der Waals surface area contributed by atoms with Gasteiger partial charge in [0.25, 0.3) is 5.91 Å². The normalized spacial score (nSPS) is 16.4. The highest BCUT2D eigenvalue weighted by Gasteiger charge is 2.30. The summed E-state index contributed by atoms with van der Waals surface area (Å²) in [6.45, 7) is 0.357. The molecule has 0 spiro atoms. The summed E-state index contributed by atoms with van der Waals surface area (Å²) in [4.78, 5) is 12.2. The van der Waals surface area contributed by atoms with Crippen molar-refractivity contribution in [3.05, 3.63) is 58.6 Å². The topological polar surface area (TPSA) is 66.5 Å². The molecule has 1 amide bonds. The smallest absolute Gasteiger partial charge is 0.321 e. The first-order valence-corrected chi connectivity index (χ1v) is 9.85. The fraction of sp³-hybridized carbons (Fsp3) is 0.235. The van der Waals surface area contributed by atoms with Gasteiger partial charge in [-0.25, -0.2) is 8.42 Å². The SMILES string of the molecule is O=C(Nc1ccc(N2CCCS2(=O)=O)cc1Cl)c1ccc(C(F)(F)F)cc1. The zero-order valence-electron chi connectivity index (χ0n) is 13.8. The molecule has 1 aliphatic rings. The van der Waals surface area contributed by atoms with Crippen LogP contribution in [0.5, 0.6) is 0 Å². The van der Waals surface area contributed by atoms with Crippen molar-refractivity contribution in [2.45, 2.75) is 12.6 Å². The number of hydrogen-bond donors (Lipinski definition) is 1. The Morgan fingerprint density at radius 1 is 1.11 bits per heavy atom. The Balaban J connectivity index is 1.77. The Kier molecular flexibility index (Phi) is 5.09. The Hall–Kier alpha value is -2.26. The maximum atomic E-state index is 12.6. The van der Waals surface area contributed by atoms with Crippen LogP contribution >= 0.6 is 11.6 Å². The molecule has 1 fully saturated rings. The van der Waals surface area contributed by atoms with E-state index in [1.165, 1.54) is 22.5 Å². The summed E-state index contributed by atoms with van der Waals surface area (Å²) in [7, 11) is -3.36. The number of alkyl halides is 3. The van der Waals surface area contributed by atoms with Gasteiger partial charge in [-0.15, -0.1) is 0 Å². The largest absolute Gasteiger partial charge is 0.416 e. The molecule has 1 heterocycles. The molecule has 5 nitrogen and oxygen atoms in total. The molecule has 27 heavy (non-hydrogen) atoms. The number of amides is 1. The third-order valence-electron chi connectivity index (χ3n) is 4.06. The maximum Gasteiger partial charge on any atom is 0.416 e. The molecule has 144 valence electrons. The van der Waals surface area contributed by atoms with Gasteiger partial charge in [0, 0.05) is 12.1 Å². The van der Waals surface area contributed by atoms with E-state index in [0.29, 0.717) is 18.7 Å². The molecule has 0 aliphatic carbocycles. The van der Waals surface area contributed by atoms with Crippen molar-refractivity contribution in [2.24, 2.45) is 0 Å². The van der Waals surface area contributed by atoms with Crippen LogP contribution in [0, 0.1) is 0 Å². The van der Waals surface area contributed by atoms with Gasteiger partial charge in [0.2, 0.25) is 10.0 Å². The Bertz CT molecular complexity index is 976. The van der Waals surface area contributed by atoms with E-state index in [1.54, 1.807) is 0 Å². The maximum absolute atomic E-state index is 12.6. The third-order valence-corrected chi connectivity index (χ3v) is 6.24. The summed E-state index contributed by atoms with van der Waals surface area (Å²) in [5, 5.41) is 2.62. The second kappa shape index (κ2) is 7.05. The molecule has 1 saturated heterocycles. The number of benzene rings is 2. The summed E-state index contributed by atoms with van der Waals surface area (Å²) >= 11 is 6.13. The minimum Gasteiger partial charge on any atom is -0.321 e. The summed E-state index contributed by atoms with van der Waals surface area (Å²) in [6.07, 6.45) is -3.96. The predicted molar refractivity (Wildman–Crippen MR) is 96.6 cm³/mol. The summed E-state index contributed by atoms with van der Waals surface area (Å²) in [5.41, 5.74) is -0.203. The quantitative estimate of drug-likeness (QED) is 0.814. The van der Waals surface area contributed by atoms with Crippen LogP contribution in [0.3, 0.4) is 0 Å². The van der Waals surface area contributed by atoms with Gasteiger partial charge in [-0.05, 0) is 48.9 Å². The minimum absolute atomic E-state index is 0.0327. The lowest BCUT2D eigenvalue weighted by atomic mass is 10.1. The van der Waals surface area contributed by atoms with Crippen molar-refractivity contribution < 1.29 is 26.4 Å². The van der Waals surface area contributed by atoms with Gasteiger partial charge in [-0.3, -0.25) is 9.10 Å².